The Labute approximate surface area is 168 Å². The minimum Gasteiger partial charge on any atom is -0.366 e. The average molecular weight is 379 g/mol. The Morgan fingerprint density at radius 2 is 1.07 bits per heavy atom. The first-order valence-electron chi connectivity index (χ1n) is 12.4. The molecule has 0 bridgehead atoms. The van der Waals surface area contributed by atoms with Gasteiger partial charge in [-0.25, -0.2) is 0 Å². The lowest BCUT2D eigenvalue weighted by molar-refractivity contribution is -0.150. The Morgan fingerprint density at radius 1 is 0.630 bits per heavy atom. The maximum Gasteiger partial charge on any atom is 0.159 e. The molecule has 0 atom stereocenters. The molecule has 0 radical (unpaired) electrons. The van der Waals surface area contributed by atoms with Gasteiger partial charge in [0.05, 0.1) is 0 Å². The minimum absolute atomic E-state index is 0.513. The molecule has 3 rings (SSSR count). The average Bonchev–Trinajstić information content (AvgIpc) is 2.48. The number of hydrogen-bond acceptors (Lipinski definition) is 2. The van der Waals surface area contributed by atoms with Gasteiger partial charge in [0.25, 0.3) is 0 Å². The second-order valence-corrected chi connectivity index (χ2v) is 11.0. The van der Waals surface area contributed by atoms with E-state index in [1.807, 2.05) is 0 Å². The maximum atomic E-state index is 9.28. The molecule has 3 aliphatic rings. The summed E-state index contributed by atoms with van der Waals surface area (Å²) < 4.78 is 0. The van der Waals surface area contributed by atoms with Crippen LogP contribution in [0.4, 0.5) is 0 Å². The van der Waals surface area contributed by atoms with E-state index in [9.17, 15) is 10.2 Å². The quantitative estimate of drug-likeness (QED) is 0.277. The molecule has 0 aromatic carbocycles. The maximum absolute atomic E-state index is 9.28. The third-order valence-corrected chi connectivity index (χ3v) is 8.17. The van der Waals surface area contributed by atoms with Gasteiger partial charge in [-0.1, -0.05) is 45.4 Å². The van der Waals surface area contributed by atoms with Gasteiger partial charge in [0.2, 0.25) is 0 Å². The largest absolute Gasteiger partial charge is 0.366 e. The summed E-state index contributed by atoms with van der Waals surface area (Å²) in [5.74, 6) is 5.01. The molecular weight excluding hydrogens is 332 g/mol. The van der Waals surface area contributed by atoms with Gasteiger partial charge < -0.3 is 10.2 Å². The molecule has 0 aromatic heterocycles. The van der Waals surface area contributed by atoms with Crippen molar-refractivity contribution < 1.29 is 10.2 Å². The number of rotatable bonds is 13. The summed E-state index contributed by atoms with van der Waals surface area (Å²) >= 11 is 0. The molecule has 0 aliphatic heterocycles. The van der Waals surface area contributed by atoms with E-state index in [1.165, 1.54) is 51.9 Å². The van der Waals surface area contributed by atoms with Crippen LogP contribution in [-0.2, 0) is 0 Å². The molecule has 3 aliphatic carbocycles. The lowest BCUT2D eigenvalue weighted by Crippen LogP contribution is -2.34. The van der Waals surface area contributed by atoms with E-state index in [1.54, 1.807) is 38.5 Å². The molecule has 0 unspecified atom stereocenters. The molecule has 0 saturated heterocycles. The van der Waals surface area contributed by atoms with Crippen LogP contribution in [0, 0.1) is 35.5 Å². The van der Waals surface area contributed by atoms with Gasteiger partial charge >= 0.3 is 0 Å². The highest BCUT2D eigenvalue weighted by atomic mass is 16.5. The molecule has 0 heterocycles. The number of unbranched alkanes of at least 4 members (excludes halogenated alkanes) is 4. The van der Waals surface area contributed by atoms with Crippen LogP contribution in [-0.4, -0.2) is 16.0 Å². The van der Waals surface area contributed by atoms with Crippen molar-refractivity contribution in [2.24, 2.45) is 35.5 Å². The Balaban J connectivity index is 1.09. The van der Waals surface area contributed by atoms with Gasteiger partial charge in [-0.2, -0.15) is 0 Å². The van der Waals surface area contributed by atoms with Crippen LogP contribution in [0.5, 0.6) is 0 Å². The Bertz CT molecular complexity index is 409. The van der Waals surface area contributed by atoms with Crippen molar-refractivity contribution in [2.45, 2.75) is 122 Å². The van der Waals surface area contributed by atoms with Gasteiger partial charge in [-0.05, 0) is 100 Å². The topological polar surface area (TPSA) is 40.5 Å². The van der Waals surface area contributed by atoms with E-state index in [0.29, 0.717) is 6.42 Å². The molecule has 3 fully saturated rings. The zero-order valence-corrected chi connectivity index (χ0v) is 18.2. The molecule has 27 heavy (non-hydrogen) atoms. The monoisotopic (exact) mass is 378 g/mol. The van der Waals surface area contributed by atoms with E-state index >= 15 is 0 Å². The normalized spacial score (nSPS) is 36.0. The van der Waals surface area contributed by atoms with Crippen molar-refractivity contribution in [3.8, 4) is 0 Å². The zero-order valence-electron chi connectivity index (χ0n) is 18.2. The second-order valence-electron chi connectivity index (χ2n) is 11.0. The molecule has 2 heteroatoms. The predicted molar refractivity (Wildman–Crippen MR) is 113 cm³/mol. The molecule has 2 N–H and O–H groups in total. The van der Waals surface area contributed by atoms with E-state index in [2.05, 4.69) is 6.92 Å². The summed E-state index contributed by atoms with van der Waals surface area (Å²) in [7, 11) is 0. The highest BCUT2D eigenvalue weighted by Gasteiger charge is 2.38. The van der Waals surface area contributed by atoms with Crippen molar-refractivity contribution in [3.05, 3.63) is 0 Å². The third-order valence-electron chi connectivity index (χ3n) is 8.17. The van der Waals surface area contributed by atoms with E-state index in [0.717, 1.165) is 48.3 Å². The zero-order chi connectivity index (χ0) is 19.3. The second kappa shape index (κ2) is 10.1. The lowest BCUT2D eigenvalue weighted by atomic mass is 9.60. The highest BCUT2D eigenvalue weighted by Crippen LogP contribution is 2.50. The Hall–Kier alpha value is -0.0800. The molecule has 158 valence electrons. The first-order chi connectivity index (χ1) is 12.9. The van der Waals surface area contributed by atoms with Crippen LogP contribution < -0.4 is 0 Å². The Kier molecular flexibility index (Phi) is 8.09. The van der Waals surface area contributed by atoms with Crippen molar-refractivity contribution in [2.75, 3.05) is 0 Å². The fraction of sp³-hybridized carbons (Fsp3) is 1.00. The van der Waals surface area contributed by atoms with Crippen LogP contribution in [0.15, 0.2) is 0 Å². The third kappa shape index (κ3) is 7.35. The van der Waals surface area contributed by atoms with Crippen molar-refractivity contribution in [1.29, 1.82) is 0 Å². The highest BCUT2D eigenvalue weighted by molar-refractivity contribution is 4.89. The fourth-order valence-corrected chi connectivity index (χ4v) is 6.33. The van der Waals surface area contributed by atoms with Gasteiger partial charge in [-0.3, -0.25) is 0 Å². The standard InChI is InChI=1S/C25H46O2/c1-3-19-11-21(12-19)15-23-17-24(18-23)16-22-13-20(14-22)9-7-5-4-6-8-10-25(2,26)27/h19-24,26-27H,3-18H2,1-2H3. The number of aliphatic hydroxyl groups is 2. The van der Waals surface area contributed by atoms with Crippen LogP contribution in [0.3, 0.4) is 0 Å². The summed E-state index contributed by atoms with van der Waals surface area (Å²) in [4.78, 5) is 0. The van der Waals surface area contributed by atoms with Gasteiger partial charge in [0, 0.05) is 6.42 Å². The van der Waals surface area contributed by atoms with Crippen LogP contribution in [0.25, 0.3) is 0 Å². The molecule has 0 spiro atoms. The fourth-order valence-electron chi connectivity index (χ4n) is 6.33. The molecule has 0 amide bonds. The van der Waals surface area contributed by atoms with Gasteiger partial charge in [0.15, 0.2) is 5.79 Å². The van der Waals surface area contributed by atoms with Gasteiger partial charge in [-0.15, -0.1) is 0 Å². The minimum atomic E-state index is -1.46. The van der Waals surface area contributed by atoms with Gasteiger partial charge in [0.1, 0.15) is 0 Å². The summed E-state index contributed by atoms with van der Waals surface area (Å²) in [6, 6.07) is 0. The molecule has 2 nitrogen and oxygen atoms in total. The van der Waals surface area contributed by atoms with E-state index < -0.39 is 5.79 Å². The predicted octanol–water partition coefficient (Wildman–Crippen LogP) is 6.69. The van der Waals surface area contributed by atoms with Crippen LogP contribution in [0.2, 0.25) is 0 Å². The summed E-state index contributed by atoms with van der Waals surface area (Å²) in [5.41, 5.74) is 0. The lowest BCUT2D eigenvalue weighted by Gasteiger charge is -2.45. The van der Waals surface area contributed by atoms with E-state index in [4.69, 9.17) is 0 Å². The molecule has 0 aromatic rings. The smallest absolute Gasteiger partial charge is 0.159 e. The first-order valence-corrected chi connectivity index (χ1v) is 12.4. The van der Waals surface area contributed by atoms with Crippen molar-refractivity contribution in [1.82, 2.24) is 0 Å². The molecular formula is C25H46O2. The Morgan fingerprint density at radius 3 is 1.59 bits per heavy atom. The van der Waals surface area contributed by atoms with Crippen LogP contribution in [0.1, 0.15) is 117 Å². The van der Waals surface area contributed by atoms with E-state index in [-0.39, 0.29) is 0 Å². The first kappa shape index (κ1) is 21.6. The number of hydrogen-bond donors (Lipinski definition) is 2. The SMILES string of the molecule is CCC1CC(CC2CC(CC3CC(CCCCCCCC(C)(O)O)C3)C2)C1. The summed E-state index contributed by atoms with van der Waals surface area (Å²) in [5, 5.41) is 18.6. The van der Waals surface area contributed by atoms with Crippen LogP contribution >= 0.6 is 0 Å². The molecule has 3 saturated carbocycles. The summed E-state index contributed by atoms with van der Waals surface area (Å²) in [6.07, 6.45) is 21.8. The van der Waals surface area contributed by atoms with Crippen molar-refractivity contribution in [3.63, 3.8) is 0 Å². The van der Waals surface area contributed by atoms with Crippen molar-refractivity contribution >= 4 is 0 Å². The summed E-state index contributed by atoms with van der Waals surface area (Å²) in [6.45, 7) is 3.84.